The number of rotatable bonds is 4. The van der Waals surface area contributed by atoms with E-state index in [9.17, 15) is 9.18 Å². The van der Waals surface area contributed by atoms with Crippen LogP contribution in [0, 0.1) is 5.82 Å². The Morgan fingerprint density at radius 2 is 2.18 bits per heavy atom. The highest BCUT2D eigenvalue weighted by Crippen LogP contribution is 2.22. The predicted octanol–water partition coefficient (Wildman–Crippen LogP) is 3.35. The SMILES string of the molecule is CCOc1ccc(NC(=O)c2ccc3nc[nH]c3c2)cc1F. The number of imidazole rings is 1. The molecule has 1 amide bonds. The summed E-state index contributed by atoms with van der Waals surface area (Å²) in [5.41, 5.74) is 2.39. The maximum absolute atomic E-state index is 13.8. The van der Waals surface area contributed by atoms with Crippen molar-refractivity contribution in [3.63, 3.8) is 0 Å². The zero-order valence-corrected chi connectivity index (χ0v) is 11.9. The van der Waals surface area contributed by atoms with Crippen LogP contribution in [0.5, 0.6) is 5.75 Å². The molecular weight excluding hydrogens is 285 g/mol. The number of nitrogens with one attached hydrogen (secondary N) is 2. The number of anilines is 1. The lowest BCUT2D eigenvalue weighted by Gasteiger charge is -2.08. The van der Waals surface area contributed by atoms with E-state index >= 15 is 0 Å². The second kappa shape index (κ2) is 5.85. The van der Waals surface area contributed by atoms with Gasteiger partial charge in [0.2, 0.25) is 0 Å². The molecule has 112 valence electrons. The third kappa shape index (κ3) is 2.76. The first-order valence-electron chi connectivity index (χ1n) is 6.84. The third-order valence-corrected chi connectivity index (χ3v) is 3.17. The minimum atomic E-state index is -0.510. The predicted molar refractivity (Wildman–Crippen MR) is 81.6 cm³/mol. The topological polar surface area (TPSA) is 67.0 Å². The second-order valence-corrected chi connectivity index (χ2v) is 4.67. The average molecular weight is 299 g/mol. The molecule has 0 bridgehead atoms. The van der Waals surface area contributed by atoms with E-state index in [1.165, 1.54) is 12.1 Å². The molecule has 22 heavy (non-hydrogen) atoms. The number of amides is 1. The van der Waals surface area contributed by atoms with Crippen LogP contribution in [0.1, 0.15) is 17.3 Å². The molecule has 0 radical (unpaired) electrons. The van der Waals surface area contributed by atoms with Crippen molar-refractivity contribution in [1.82, 2.24) is 9.97 Å². The van der Waals surface area contributed by atoms with Gasteiger partial charge in [0, 0.05) is 17.3 Å². The van der Waals surface area contributed by atoms with Gasteiger partial charge in [-0.05, 0) is 37.3 Å². The molecule has 0 spiro atoms. The van der Waals surface area contributed by atoms with Crippen LogP contribution in [0.3, 0.4) is 0 Å². The number of hydrogen-bond acceptors (Lipinski definition) is 3. The Balaban J connectivity index is 1.79. The maximum atomic E-state index is 13.8. The van der Waals surface area contributed by atoms with Crippen LogP contribution < -0.4 is 10.1 Å². The van der Waals surface area contributed by atoms with Crippen LogP contribution in [0.25, 0.3) is 11.0 Å². The molecule has 0 aliphatic rings. The Kier molecular flexibility index (Phi) is 3.74. The van der Waals surface area contributed by atoms with Crippen molar-refractivity contribution in [3.8, 4) is 5.75 Å². The lowest BCUT2D eigenvalue weighted by molar-refractivity contribution is 0.102. The van der Waals surface area contributed by atoms with Gasteiger partial charge in [-0.25, -0.2) is 9.37 Å². The summed E-state index contributed by atoms with van der Waals surface area (Å²) in [6.45, 7) is 2.16. The molecule has 1 heterocycles. The third-order valence-electron chi connectivity index (χ3n) is 3.17. The van der Waals surface area contributed by atoms with Crippen molar-refractivity contribution in [2.45, 2.75) is 6.92 Å². The van der Waals surface area contributed by atoms with Gasteiger partial charge in [0.1, 0.15) is 0 Å². The molecule has 2 N–H and O–H groups in total. The van der Waals surface area contributed by atoms with E-state index in [0.717, 1.165) is 11.0 Å². The van der Waals surface area contributed by atoms with Gasteiger partial charge in [-0.1, -0.05) is 0 Å². The first-order chi connectivity index (χ1) is 10.7. The van der Waals surface area contributed by atoms with Gasteiger partial charge in [-0.3, -0.25) is 4.79 Å². The number of benzene rings is 2. The number of aromatic amines is 1. The van der Waals surface area contributed by atoms with Crippen molar-refractivity contribution in [2.75, 3.05) is 11.9 Å². The summed E-state index contributed by atoms with van der Waals surface area (Å²) in [5.74, 6) is -0.664. The van der Waals surface area contributed by atoms with Gasteiger partial charge in [-0.15, -0.1) is 0 Å². The molecular formula is C16H14FN3O2. The van der Waals surface area contributed by atoms with Crippen LogP contribution in [0.2, 0.25) is 0 Å². The number of H-pyrrole nitrogens is 1. The monoisotopic (exact) mass is 299 g/mol. The van der Waals surface area contributed by atoms with E-state index in [0.29, 0.717) is 17.9 Å². The molecule has 3 aromatic rings. The molecule has 1 aromatic heterocycles. The summed E-state index contributed by atoms with van der Waals surface area (Å²) in [7, 11) is 0. The van der Waals surface area contributed by atoms with Gasteiger partial charge >= 0.3 is 0 Å². The van der Waals surface area contributed by atoms with E-state index in [1.807, 2.05) is 0 Å². The molecule has 0 saturated heterocycles. The zero-order chi connectivity index (χ0) is 15.5. The lowest BCUT2D eigenvalue weighted by atomic mass is 10.2. The first-order valence-corrected chi connectivity index (χ1v) is 6.84. The fourth-order valence-corrected chi connectivity index (χ4v) is 2.13. The fraction of sp³-hybridized carbons (Fsp3) is 0.125. The number of carbonyl (C=O) groups is 1. The van der Waals surface area contributed by atoms with Gasteiger partial charge in [0.15, 0.2) is 11.6 Å². The molecule has 0 saturated carbocycles. The number of fused-ring (bicyclic) bond motifs is 1. The summed E-state index contributed by atoms with van der Waals surface area (Å²) >= 11 is 0. The minimum absolute atomic E-state index is 0.166. The highest BCUT2D eigenvalue weighted by atomic mass is 19.1. The second-order valence-electron chi connectivity index (χ2n) is 4.67. The normalized spacial score (nSPS) is 10.6. The molecule has 0 unspecified atom stereocenters. The number of aromatic nitrogens is 2. The summed E-state index contributed by atoms with van der Waals surface area (Å²) in [5, 5.41) is 2.66. The number of halogens is 1. The van der Waals surface area contributed by atoms with Gasteiger partial charge < -0.3 is 15.0 Å². The number of ether oxygens (including phenoxy) is 1. The van der Waals surface area contributed by atoms with Crippen LogP contribution in [0.15, 0.2) is 42.7 Å². The van der Waals surface area contributed by atoms with Gasteiger partial charge in [0.05, 0.1) is 24.0 Å². The van der Waals surface area contributed by atoms with E-state index in [-0.39, 0.29) is 11.7 Å². The fourth-order valence-electron chi connectivity index (χ4n) is 2.13. The van der Waals surface area contributed by atoms with Crippen molar-refractivity contribution < 1.29 is 13.9 Å². The highest BCUT2D eigenvalue weighted by Gasteiger charge is 2.10. The molecule has 2 aromatic carbocycles. The molecule has 0 fully saturated rings. The quantitative estimate of drug-likeness (QED) is 0.776. The van der Waals surface area contributed by atoms with E-state index in [1.54, 1.807) is 37.5 Å². The first kappa shape index (κ1) is 14.1. The number of carbonyl (C=O) groups excluding carboxylic acids is 1. The van der Waals surface area contributed by atoms with Crippen LogP contribution in [-0.4, -0.2) is 22.5 Å². The zero-order valence-electron chi connectivity index (χ0n) is 11.9. The summed E-state index contributed by atoms with van der Waals surface area (Å²) in [6.07, 6.45) is 1.56. The molecule has 5 nitrogen and oxygen atoms in total. The minimum Gasteiger partial charge on any atom is -0.491 e. The summed E-state index contributed by atoms with van der Waals surface area (Å²) < 4.78 is 18.9. The number of hydrogen-bond donors (Lipinski definition) is 2. The molecule has 0 aliphatic carbocycles. The van der Waals surface area contributed by atoms with Crippen LogP contribution >= 0.6 is 0 Å². The molecule has 0 aliphatic heterocycles. The summed E-state index contributed by atoms with van der Waals surface area (Å²) in [4.78, 5) is 19.2. The van der Waals surface area contributed by atoms with Gasteiger partial charge in [-0.2, -0.15) is 0 Å². The van der Waals surface area contributed by atoms with Crippen molar-refractivity contribution >= 4 is 22.6 Å². The van der Waals surface area contributed by atoms with Crippen molar-refractivity contribution in [2.24, 2.45) is 0 Å². The molecule has 6 heteroatoms. The Morgan fingerprint density at radius 1 is 1.32 bits per heavy atom. The Morgan fingerprint density at radius 3 is 2.95 bits per heavy atom. The maximum Gasteiger partial charge on any atom is 0.255 e. The number of nitrogens with zero attached hydrogens (tertiary/aromatic N) is 1. The Labute approximate surface area is 126 Å². The largest absolute Gasteiger partial charge is 0.491 e. The van der Waals surface area contributed by atoms with Gasteiger partial charge in [0.25, 0.3) is 5.91 Å². The molecule has 3 rings (SSSR count). The lowest BCUT2D eigenvalue weighted by Crippen LogP contribution is -2.12. The summed E-state index contributed by atoms with van der Waals surface area (Å²) in [6, 6.07) is 9.44. The Bertz CT molecular complexity index is 829. The van der Waals surface area contributed by atoms with E-state index in [4.69, 9.17) is 4.74 Å². The highest BCUT2D eigenvalue weighted by molar-refractivity contribution is 6.05. The smallest absolute Gasteiger partial charge is 0.255 e. The van der Waals surface area contributed by atoms with Crippen molar-refractivity contribution in [1.29, 1.82) is 0 Å². The van der Waals surface area contributed by atoms with Crippen molar-refractivity contribution in [3.05, 3.63) is 54.1 Å². The van der Waals surface area contributed by atoms with Crippen LogP contribution in [0.4, 0.5) is 10.1 Å². The average Bonchev–Trinajstić information content (AvgIpc) is 2.97. The standard InChI is InChI=1S/C16H14FN3O2/c1-2-22-15-6-4-11(8-12(15)17)20-16(21)10-3-5-13-14(7-10)19-9-18-13/h3-9H,2H2,1H3,(H,18,19)(H,20,21). The van der Waals surface area contributed by atoms with E-state index < -0.39 is 5.82 Å². The Hall–Kier alpha value is -2.89. The molecule has 0 atom stereocenters. The van der Waals surface area contributed by atoms with E-state index in [2.05, 4.69) is 15.3 Å². The van der Waals surface area contributed by atoms with Crippen LogP contribution in [-0.2, 0) is 0 Å².